The lowest BCUT2D eigenvalue weighted by atomic mass is 9.49. The highest BCUT2D eigenvalue weighted by molar-refractivity contribution is 6.32. The summed E-state index contributed by atoms with van der Waals surface area (Å²) in [5, 5.41) is 0.719. The maximum Gasteiger partial charge on any atom is 0.303 e. The fourth-order valence-corrected chi connectivity index (χ4v) is 6.84. The zero-order chi connectivity index (χ0) is 18.9. The zero-order valence-electron chi connectivity index (χ0n) is 16.0. The number of hydrogen-bond donors (Lipinski definition) is 0. The summed E-state index contributed by atoms with van der Waals surface area (Å²) in [5.74, 6) is 1.03. The maximum absolute atomic E-state index is 11.9. The van der Waals surface area contributed by atoms with Crippen LogP contribution in [0.4, 0.5) is 0 Å². The Hall–Kier alpha value is -1.35. The number of carbonyl (C=O) groups excluding carboxylic acids is 2. The number of allylic oxidation sites excluding steroid dienone is 6. The molecule has 4 rings (SSSR count). The second-order valence-electron chi connectivity index (χ2n) is 9.20. The van der Waals surface area contributed by atoms with Crippen LogP contribution in [0.1, 0.15) is 53.4 Å². The SMILES string of the molecule is CC(=O)O[C@@]1(C)CCC2C3C=C(Cl)C4=CC(=O)C=C[C@@]4(C)C3CC[C@@]21C. The van der Waals surface area contributed by atoms with E-state index in [0.717, 1.165) is 36.3 Å². The predicted molar refractivity (Wildman–Crippen MR) is 101 cm³/mol. The van der Waals surface area contributed by atoms with Crippen LogP contribution in [0, 0.1) is 28.6 Å². The molecule has 0 aromatic carbocycles. The molecule has 26 heavy (non-hydrogen) atoms. The van der Waals surface area contributed by atoms with Crippen molar-refractivity contribution in [2.45, 2.75) is 59.0 Å². The summed E-state index contributed by atoms with van der Waals surface area (Å²) >= 11 is 6.68. The Balaban J connectivity index is 1.76. The highest BCUT2D eigenvalue weighted by atomic mass is 35.5. The average Bonchev–Trinajstić information content (AvgIpc) is 2.80. The van der Waals surface area contributed by atoms with Gasteiger partial charge in [0.1, 0.15) is 5.60 Å². The van der Waals surface area contributed by atoms with Crippen LogP contribution in [0.25, 0.3) is 0 Å². The lowest BCUT2D eigenvalue weighted by Crippen LogP contribution is -2.53. The number of ketones is 1. The number of carbonyl (C=O) groups is 2. The number of fused-ring (bicyclic) bond motifs is 5. The second kappa shape index (κ2) is 5.58. The van der Waals surface area contributed by atoms with Crippen molar-refractivity contribution in [1.29, 1.82) is 0 Å². The van der Waals surface area contributed by atoms with Crippen molar-refractivity contribution in [3.63, 3.8) is 0 Å². The van der Waals surface area contributed by atoms with Crippen LogP contribution in [0.5, 0.6) is 0 Å². The van der Waals surface area contributed by atoms with Gasteiger partial charge in [0.15, 0.2) is 5.78 Å². The third-order valence-corrected chi connectivity index (χ3v) is 8.39. The molecule has 3 nitrogen and oxygen atoms in total. The molecule has 2 fully saturated rings. The van der Waals surface area contributed by atoms with Crippen molar-refractivity contribution in [3.05, 3.63) is 34.9 Å². The molecule has 0 radical (unpaired) electrons. The Morgan fingerprint density at radius 2 is 1.88 bits per heavy atom. The molecule has 0 heterocycles. The number of halogens is 1. The van der Waals surface area contributed by atoms with Crippen LogP contribution in [0.3, 0.4) is 0 Å². The topological polar surface area (TPSA) is 43.4 Å². The van der Waals surface area contributed by atoms with Gasteiger partial charge in [-0.3, -0.25) is 9.59 Å². The first-order valence-electron chi connectivity index (χ1n) is 9.63. The van der Waals surface area contributed by atoms with Crippen molar-refractivity contribution < 1.29 is 14.3 Å². The van der Waals surface area contributed by atoms with Gasteiger partial charge in [0, 0.05) is 22.8 Å². The van der Waals surface area contributed by atoms with Gasteiger partial charge in [0.2, 0.25) is 0 Å². The first-order chi connectivity index (χ1) is 12.1. The molecular weight excluding hydrogens is 348 g/mol. The molecule has 0 spiro atoms. The number of rotatable bonds is 1. The van der Waals surface area contributed by atoms with Gasteiger partial charge in [-0.2, -0.15) is 0 Å². The van der Waals surface area contributed by atoms with Gasteiger partial charge in [-0.25, -0.2) is 0 Å². The van der Waals surface area contributed by atoms with Gasteiger partial charge < -0.3 is 4.74 Å². The molecule has 6 atom stereocenters. The first-order valence-corrected chi connectivity index (χ1v) is 10.0. The highest BCUT2D eigenvalue weighted by Crippen LogP contribution is 2.67. The van der Waals surface area contributed by atoms with E-state index < -0.39 is 5.60 Å². The van der Waals surface area contributed by atoms with Crippen molar-refractivity contribution in [2.75, 3.05) is 0 Å². The zero-order valence-corrected chi connectivity index (χ0v) is 16.7. The molecule has 140 valence electrons. The van der Waals surface area contributed by atoms with E-state index in [-0.39, 0.29) is 22.6 Å². The van der Waals surface area contributed by atoms with Crippen LogP contribution in [-0.2, 0) is 14.3 Å². The molecular formula is C22H27ClO3. The van der Waals surface area contributed by atoms with Crippen LogP contribution < -0.4 is 0 Å². The summed E-state index contributed by atoms with van der Waals surface area (Å²) in [7, 11) is 0. The Labute approximate surface area is 160 Å². The van der Waals surface area contributed by atoms with Crippen LogP contribution in [0.2, 0.25) is 0 Å². The van der Waals surface area contributed by atoms with Gasteiger partial charge >= 0.3 is 5.97 Å². The Morgan fingerprint density at radius 3 is 2.58 bits per heavy atom. The molecule has 2 saturated carbocycles. The van der Waals surface area contributed by atoms with Gasteiger partial charge in [-0.15, -0.1) is 0 Å². The fraction of sp³-hybridized carbons (Fsp3) is 0.636. The van der Waals surface area contributed by atoms with E-state index in [9.17, 15) is 9.59 Å². The molecule has 0 aliphatic heterocycles. The predicted octanol–water partition coefficient (Wildman–Crippen LogP) is 4.96. The first kappa shape index (κ1) is 18.0. The molecule has 3 unspecified atom stereocenters. The summed E-state index contributed by atoms with van der Waals surface area (Å²) in [6.45, 7) is 8.12. The van der Waals surface area contributed by atoms with Gasteiger partial charge in [0.05, 0.1) is 0 Å². The summed E-state index contributed by atoms with van der Waals surface area (Å²) in [4.78, 5) is 23.6. The third kappa shape index (κ3) is 2.25. The molecule has 0 bridgehead atoms. The summed E-state index contributed by atoms with van der Waals surface area (Å²) in [6.07, 6.45) is 11.7. The highest BCUT2D eigenvalue weighted by Gasteiger charge is 2.63. The van der Waals surface area contributed by atoms with E-state index in [1.807, 2.05) is 0 Å². The van der Waals surface area contributed by atoms with E-state index in [1.54, 1.807) is 12.2 Å². The Morgan fingerprint density at radius 1 is 1.19 bits per heavy atom. The quantitative estimate of drug-likeness (QED) is 0.609. The molecule has 0 N–H and O–H groups in total. The fourth-order valence-electron chi connectivity index (χ4n) is 6.44. The summed E-state index contributed by atoms with van der Waals surface area (Å²) in [6, 6.07) is 0. The lowest BCUT2D eigenvalue weighted by molar-refractivity contribution is -0.174. The molecule has 4 aliphatic rings. The standard InChI is InChI=1S/C22H27ClO3/c1-13(24)26-22(4)10-7-17-15-12-19(23)18-11-14(25)5-8-20(18,2)16(15)6-9-21(17,22)3/h5,8,11-12,15-17H,6-7,9-10H2,1-4H3/t15?,16?,17?,20-,21-,22-/m0/s1. The molecule has 0 aromatic heterocycles. The van der Waals surface area contributed by atoms with E-state index in [2.05, 4.69) is 32.9 Å². The summed E-state index contributed by atoms with van der Waals surface area (Å²) < 4.78 is 5.86. The van der Waals surface area contributed by atoms with E-state index >= 15 is 0 Å². The van der Waals surface area contributed by atoms with E-state index in [0.29, 0.717) is 17.8 Å². The Kier molecular flexibility index (Phi) is 3.87. The van der Waals surface area contributed by atoms with Crippen molar-refractivity contribution in [2.24, 2.45) is 28.6 Å². The van der Waals surface area contributed by atoms with E-state index in [1.165, 1.54) is 6.92 Å². The number of hydrogen-bond acceptors (Lipinski definition) is 3. The number of esters is 1. The monoisotopic (exact) mass is 374 g/mol. The molecule has 4 aliphatic carbocycles. The second-order valence-corrected chi connectivity index (χ2v) is 9.61. The van der Waals surface area contributed by atoms with Crippen LogP contribution >= 0.6 is 11.6 Å². The van der Waals surface area contributed by atoms with E-state index in [4.69, 9.17) is 16.3 Å². The molecule has 0 amide bonds. The Bertz CT molecular complexity index is 778. The normalized spacial score (nSPS) is 46.7. The minimum absolute atomic E-state index is 0.0198. The molecule has 4 heteroatoms. The van der Waals surface area contributed by atoms with Gasteiger partial charge in [-0.1, -0.05) is 37.6 Å². The minimum atomic E-state index is -0.413. The maximum atomic E-state index is 11.9. The minimum Gasteiger partial charge on any atom is -0.459 e. The van der Waals surface area contributed by atoms with Crippen LogP contribution in [0.15, 0.2) is 34.9 Å². The lowest BCUT2D eigenvalue weighted by Gasteiger charge is -2.56. The van der Waals surface area contributed by atoms with Crippen molar-refractivity contribution in [1.82, 2.24) is 0 Å². The summed E-state index contributed by atoms with van der Waals surface area (Å²) in [5.41, 5.74) is 0.326. The average molecular weight is 375 g/mol. The smallest absolute Gasteiger partial charge is 0.303 e. The molecule has 0 saturated heterocycles. The largest absolute Gasteiger partial charge is 0.459 e. The number of ether oxygens (including phenoxy) is 1. The third-order valence-electron chi connectivity index (χ3n) is 8.06. The van der Waals surface area contributed by atoms with Crippen molar-refractivity contribution >= 4 is 23.4 Å². The van der Waals surface area contributed by atoms with Gasteiger partial charge in [0.25, 0.3) is 0 Å². The van der Waals surface area contributed by atoms with Gasteiger partial charge in [-0.05, 0) is 68.1 Å². The van der Waals surface area contributed by atoms with Crippen molar-refractivity contribution in [3.8, 4) is 0 Å². The molecule has 0 aromatic rings. The van der Waals surface area contributed by atoms with Crippen LogP contribution in [-0.4, -0.2) is 17.4 Å².